The van der Waals surface area contributed by atoms with Gasteiger partial charge in [-0.1, -0.05) is 17.7 Å². The number of amides is 2. The fourth-order valence-electron chi connectivity index (χ4n) is 4.89. The van der Waals surface area contributed by atoms with Crippen molar-refractivity contribution in [2.75, 3.05) is 50.7 Å². The van der Waals surface area contributed by atoms with Crippen LogP contribution in [0.5, 0.6) is 0 Å². The third-order valence-corrected chi connectivity index (χ3v) is 6.76. The maximum absolute atomic E-state index is 12.3. The Morgan fingerprint density at radius 3 is 2.53 bits per heavy atom. The molecule has 0 N–H and O–H groups in total. The van der Waals surface area contributed by atoms with Gasteiger partial charge in [-0.25, -0.2) is 4.79 Å². The number of piperazine rings is 1. The summed E-state index contributed by atoms with van der Waals surface area (Å²) in [6, 6.07) is 6.43. The van der Waals surface area contributed by atoms with E-state index >= 15 is 0 Å². The number of ether oxygens (including phenoxy) is 1. The molecular weight excluding hydrogens is 428 g/mol. The lowest BCUT2D eigenvalue weighted by molar-refractivity contribution is -0.129. The molecule has 0 spiro atoms. The van der Waals surface area contributed by atoms with Gasteiger partial charge >= 0.3 is 6.09 Å². The molecule has 3 fully saturated rings. The Morgan fingerprint density at radius 1 is 1.12 bits per heavy atom. The molecule has 8 heteroatoms. The molecule has 1 atom stereocenters. The fourth-order valence-corrected chi connectivity index (χ4v) is 5.06. The first-order valence-electron chi connectivity index (χ1n) is 11.7. The van der Waals surface area contributed by atoms with Crippen LogP contribution in [-0.2, 0) is 16.1 Å². The molecule has 32 heavy (non-hydrogen) atoms. The number of benzene rings is 1. The highest BCUT2D eigenvalue weighted by atomic mass is 35.5. The summed E-state index contributed by atoms with van der Waals surface area (Å²) in [6.07, 6.45) is 2.44. The third kappa shape index (κ3) is 5.49. The summed E-state index contributed by atoms with van der Waals surface area (Å²) in [6.45, 7) is 12.2. The molecule has 0 aromatic heterocycles. The first-order chi connectivity index (χ1) is 15.2. The lowest BCUT2D eigenvalue weighted by atomic mass is 10.1. The molecule has 0 saturated carbocycles. The normalized spacial score (nSPS) is 22.7. The second-order valence-electron chi connectivity index (χ2n) is 10.1. The Morgan fingerprint density at radius 2 is 1.88 bits per heavy atom. The van der Waals surface area contributed by atoms with Crippen molar-refractivity contribution in [3.05, 3.63) is 28.8 Å². The number of carbonyl (C=O) groups is 2. The third-order valence-electron chi connectivity index (χ3n) is 6.52. The van der Waals surface area contributed by atoms with Gasteiger partial charge in [0.25, 0.3) is 0 Å². The summed E-state index contributed by atoms with van der Waals surface area (Å²) in [7, 11) is 0. The second-order valence-corrected chi connectivity index (χ2v) is 10.5. The minimum atomic E-state index is -0.473. The number of rotatable bonds is 4. The molecule has 0 radical (unpaired) electrons. The molecule has 2 amide bonds. The van der Waals surface area contributed by atoms with E-state index in [2.05, 4.69) is 26.8 Å². The van der Waals surface area contributed by atoms with Gasteiger partial charge in [-0.2, -0.15) is 0 Å². The zero-order chi connectivity index (χ0) is 22.9. The van der Waals surface area contributed by atoms with E-state index in [1.807, 2.05) is 26.8 Å². The molecular formula is C24H35ClN4O3. The van der Waals surface area contributed by atoms with Crippen molar-refractivity contribution < 1.29 is 14.3 Å². The van der Waals surface area contributed by atoms with E-state index in [-0.39, 0.29) is 6.09 Å². The monoisotopic (exact) mass is 462 g/mol. The van der Waals surface area contributed by atoms with Crippen LogP contribution < -0.4 is 4.90 Å². The largest absolute Gasteiger partial charge is 0.444 e. The zero-order valence-corrected chi connectivity index (χ0v) is 20.2. The van der Waals surface area contributed by atoms with Crippen LogP contribution >= 0.6 is 11.6 Å². The van der Waals surface area contributed by atoms with E-state index in [9.17, 15) is 9.59 Å². The maximum Gasteiger partial charge on any atom is 0.410 e. The maximum atomic E-state index is 12.3. The molecule has 0 unspecified atom stereocenters. The van der Waals surface area contributed by atoms with Crippen LogP contribution in [0.1, 0.15) is 45.6 Å². The van der Waals surface area contributed by atoms with Crippen LogP contribution in [0.2, 0.25) is 5.02 Å². The van der Waals surface area contributed by atoms with Gasteiger partial charge in [0, 0.05) is 69.5 Å². The van der Waals surface area contributed by atoms with Crippen molar-refractivity contribution in [1.29, 1.82) is 0 Å². The van der Waals surface area contributed by atoms with Crippen LogP contribution in [0.4, 0.5) is 10.5 Å². The van der Waals surface area contributed by atoms with Crippen LogP contribution in [0.15, 0.2) is 18.2 Å². The number of likely N-dealkylation sites (tertiary alicyclic amines) is 1. The van der Waals surface area contributed by atoms with E-state index in [0.717, 1.165) is 57.1 Å². The number of hydrogen-bond acceptors (Lipinski definition) is 5. The molecule has 3 saturated heterocycles. The van der Waals surface area contributed by atoms with E-state index < -0.39 is 5.60 Å². The molecule has 176 valence electrons. The molecule has 1 aromatic rings. The number of halogens is 1. The van der Waals surface area contributed by atoms with Gasteiger partial charge in [0.2, 0.25) is 5.91 Å². The summed E-state index contributed by atoms with van der Waals surface area (Å²) in [4.78, 5) is 33.2. The van der Waals surface area contributed by atoms with E-state index in [1.165, 1.54) is 11.3 Å². The Balaban J connectivity index is 1.37. The molecule has 7 nitrogen and oxygen atoms in total. The standard InChI is InChI=1S/C24H35ClN4O3/c1-24(2,3)32-23(31)27-13-11-26(12-14-27)16-18-6-7-19(25)15-21(18)28-10-8-20(17-28)29-9-4-5-22(29)30/h6-7,15,20H,4-5,8-14,16-17H2,1-3H3/t20-/m1/s1. The van der Waals surface area contributed by atoms with Gasteiger partial charge in [-0.05, 0) is 51.3 Å². The molecule has 0 aliphatic carbocycles. The predicted molar refractivity (Wildman–Crippen MR) is 126 cm³/mol. The lowest BCUT2D eigenvalue weighted by Crippen LogP contribution is -2.49. The summed E-state index contributed by atoms with van der Waals surface area (Å²) in [5, 5.41) is 0.735. The first-order valence-corrected chi connectivity index (χ1v) is 12.1. The summed E-state index contributed by atoms with van der Waals surface area (Å²) >= 11 is 6.37. The Labute approximate surface area is 196 Å². The number of anilines is 1. The SMILES string of the molecule is CC(C)(C)OC(=O)N1CCN(Cc2ccc(Cl)cc2N2CC[C@@H](N3CCCC3=O)C2)CC1. The highest BCUT2D eigenvalue weighted by Gasteiger charge is 2.34. The van der Waals surface area contributed by atoms with Gasteiger partial charge in [0.05, 0.1) is 6.04 Å². The summed E-state index contributed by atoms with van der Waals surface area (Å²) < 4.78 is 5.51. The molecule has 1 aromatic carbocycles. The van der Waals surface area contributed by atoms with Crippen LogP contribution in [0, 0.1) is 0 Å². The molecule has 3 heterocycles. The zero-order valence-electron chi connectivity index (χ0n) is 19.5. The molecule has 3 aliphatic rings. The molecule has 4 rings (SSSR count). The first kappa shape index (κ1) is 23.2. The number of carbonyl (C=O) groups excluding carboxylic acids is 2. The number of nitrogens with zero attached hydrogens (tertiary/aromatic N) is 4. The molecule has 0 bridgehead atoms. The topological polar surface area (TPSA) is 56.3 Å². The van der Waals surface area contributed by atoms with Crippen molar-refractivity contribution in [3.63, 3.8) is 0 Å². The minimum Gasteiger partial charge on any atom is -0.444 e. The minimum absolute atomic E-state index is 0.232. The Hall–Kier alpha value is -1.99. The van der Waals surface area contributed by atoms with Gasteiger partial charge < -0.3 is 19.4 Å². The Bertz CT molecular complexity index is 848. The van der Waals surface area contributed by atoms with E-state index in [0.29, 0.717) is 31.5 Å². The van der Waals surface area contributed by atoms with Crippen molar-refractivity contribution in [2.24, 2.45) is 0 Å². The number of hydrogen-bond donors (Lipinski definition) is 0. The van der Waals surface area contributed by atoms with Crippen LogP contribution in [-0.4, -0.2) is 84.2 Å². The lowest BCUT2D eigenvalue weighted by Gasteiger charge is -2.36. The Kier molecular flexibility index (Phi) is 6.86. The predicted octanol–water partition coefficient (Wildman–Crippen LogP) is 3.59. The highest BCUT2D eigenvalue weighted by molar-refractivity contribution is 6.30. The van der Waals surface area contributed by atoms with Gasteiger partial charge in [-0.15, -0.1) is 0 Å². The average Bonchev–Trinajstić information content (AvgIpc) is 3.37. The summed E-state index contributed by atoms with van der Waals surface area (Å²) in [5.41, 5.74) is 1.94. The van der Waals surface area contributed by atoms with Crippen molar-refractivity contribution in [2.45, 2.75) is 58.2 Å². The fraction of sp³-hybridized carbons (Fsp3) is 0.667. The van der Waals surface area contributed by atoms with E-state index in [4.69, 9.17) is 16.3 Å². The average molecular weight is 463 g/mol. The van der Waals surface area contributed by atoms with Crippen LogP contribution in [0.3, 0.4) is 0 Å². The summed E-state index contributed by atoms with van der Waals surface area (Å²) in [5.74, 6) is 0.297. The van der Waals surface area contributed by atoms with Gasteiger partial charge in [0.1, 0.15) is 5.60 Å². The van der Waals surface area contributed by atoms with Crippen molar-refractivity contribution in [1.82, 2.24) is 14.7 Å². The quantitative estimate of drug-likeness (QED) is 0.684. The second kappa shape index (κ2) is 9.48. The van der Waals surface area contributed by atoms with Gasteiger partial charge in [-0.3, -0.25) is 9.69 Å². The van der Waals surface area contributed by atoms with Gasteiger partial charge in [0.15, 0.2) is 0 Å². The van der Waals surface area contributed by atoms with Crippen molar-refractivity contribution >= 4 is 29.3 Å². The molecule has 3 aliphatic heterocycles. The van der Waals surface area contributed by atoms with Crippen molar-refractivity contribution in [3.8, 4) is 0 Å². The van der Waals surface area contributed by atoms with E-state index in [1.54, 1.807) is 4.90 Å². The smallest absolute Gasteiger partial charge is 0.410 e. The highest BCUT2D eigenvalue weighted by Crippen LogP contribution is 2.31. The van der Waals surface area contributed by atoms with Crippen LogP contribution in [0.25, 0.3) is 0 Å².